The third-order valence-corrected chi connectivity index (χ3v) is 7.34. The number of aromatic nitrogens is 1. The minimum Gasteiger partial charge on any atom is -0.360 e. The summed E-state index contributed by atoms with van der Waals surface area (Å²) in [6.07, 6.45) is 7.36. The lowest BCUT2D eigenvalue weighted by Gasteiger charge is -2.22. The van der Waals surface area contributed by atoms with Crippen molar-refractivity contribution in [1.29, 1.82) is 0 Å². The van der Waals surface area contributed by atoms with Crippen LogP contribution in [0.4, 0.5) is 5.69 Å². The molecule has 1 aliphatic rings. The van der Waals surface area contributed by atoms with Gasteiger partial charge in [-0.2, -0.15) is 0 Å². The van der Waals surface area contributed by atoms with E-state index in [2.05, 4.69) is 15.0 Å². The normalized spacial score (nSPS) is 14.9. The van der Waals surface area contributed by atoms with Gasteiger partial charge >= 0.3 is 0 Å². The molecule has 2 aromatic carbocycles. The van der Waals surface area contributed by atoms with Crippen LogP contribution in [0.15, 0.2) is 58.4 Å². The highest BCUT2D eigenvalue weighted by atomic mass is 32.2. The molecular weight excluding hydrogens is 426 g/mol. The van der Waals surface area contributed by atoms with Gasteiger partial charge in [0, 0.05) is 28.8 Å². The van der Waals surface area contributed by atoms with Gasteiger partial charge in [-0.05, 0) is 55.2 Å². The number of aromatic amines is 1. The van der Waals surface area contributed by atoms with Crippen LogP contribution < -0.4 is 15.5 Å². The number of aryl methyl sites for hydroxylation is 1. The van der Waals surface area contributed by atoms with E-state index in [9.17, 15) is 18.0 Å². The molecule has 1 saturated carbocycles. The Bertz CT molecular complexity index is 1290. The predicted octanol–water partition coefficient (Wildman–Crippen LogP) is 3.95. The number of hydrogen-bond donors (Lipinski definition) is 3. The average molecular weight is 454 g/mol. The van der Waals surface area contributed by atoms with Crippen molar-refractivity contribution in [1.82, 2.24) is 10.3 Å². The van der Waals surface area contributed by atoms with Crippen LogP contribution in [0.25, 0.3) is 10.9 Å². The maximum Gasteiger partial charge on any atom is 0.261 e. The highest BCUT2D eigenvalue weighted by molar-refractivity contribution is 7.92. The average Bonchev–Trinajstić information content (AvgIpc) is 2.80. The Morgan fingerprint density at radius 3 is 2.47 bits per heavy atom. The Kier molecular flexibility index (Phi) is 6.32. The smallest absolute Gasteiger partial charge is 0.261 e. The van der Waals surface area contributed by atoms with Gasteiger partial charge in [0.05, 0.1) is 4.90 Å². The summed E-state index contributed by atoms with van der Waals surface area (Å²) < 4.78 is 28.3. The van der Waals surface area contributed by atoms with Crippen molar-refractivity contribution in [3.05, 3.63) is 70.0 Å². The summed E-state index contributed by atoms with van der Waals surface area (Å²) >= 11 is 0. The van der Waals surface area contributed by atoms with E-state index >= 15 is 0 Å². The zero-order valence-electron chi connectivity index (χ0n) is 18.0. The maximum absolute atomic E-state index is 13.0. The van der Waals surface area contributed by atoms with Crippen molar-refractivity contribution in [3.63, 3.8) is 0 Å². The molecule has 0 atom stereocenters. The molecule has 3 N–H and O–H groups in total. The van der Waals surface area contributed by atoms with Gasteiger partial charge in [-0.25, -0.2) is 8.42 Å². The van der Waals surface area contributed by atoms with Crippen molar-refractivity contribution < 1.29 is 13.2 Å². The van der Waals surface area contributed by atoms with Gasteiger partial charge in [-0.3, -0.25) is 14.3 Å². The van der Waals surface area contributed by atoms with Gasteiger partial charge in [0.25, 0.3) is 15.9 Å². The zero-order chi connectivity index (χ0) is 22.7. The summed E-state index contributed by atoms with van der Waals surface area (Å²) in [5.41, 5.74) is 1.51. The summed E-state index contributed by atoms with van der Waals surface area (Å²) in [5, 5.41) is 3.10. The number of carbonyl (C=O) groups is 1. The number of amides is 1. The molecule has 0 aliphatic heterocycles. The molecule has 0 unspecified atom stereocenters. The third-order valence-electron chi connectivity index (χ3n) is 5.96. The molecule has 1 fully saturated rings. The number of H-pyrrole nitrogens is 1. The van der Waals surface area contributed by atoms with Crippen LogP contribution in [0.5, 0.6) is 0 Å². The van der Waals surface area contributed by atoms with Crippen LogP contribution in [-0.4, -0.2) is 25.4 Å². The van der Waals surface area contributed by atoms with E-state index in [0.29, 0.717) is 11.2 Å². The van der Waals surface area contributed by atoms with Crippen molar-refractivity contribution >= 4 is 32.5 Å². The van der Waals surface area contributed by atoms with Gasteiger partial charge in [0.15, 0.2) is 0 Å². The van der Waals surface area contributed by atoms with Crippen LogP contribution in [0.3, 0.4) is 0 Å². The van der Waals surface area contributed by atoms with Crippen LogP contribution >= 0.6 is 0 Å². The van der Waals surface area contributed by atoms with E-state index in [0.717, 1.165) is 44.1 Å². The van der Waals surface area contributed by atoms with Crippen LogP contribution in [-0.2, 0) is 16.4 Å². The van der Waals surface area contributed by atoms with Crippen LogP contribution in [0.1, 0.15) is 54.9 Å². The Hall–Kier alpha value is -3.13. The molecule has 3 aromatic rings. The lowest BCUT2D eigenvalue weighted by atomic mass is 9.95. The van der Waals surface area contributed by atoms with Gasteiger partial charge in [0.2, 0.25) is 5.43 Å². The fourth-order valence-corrected chi connectivity index (χ4v) is 5.15. The summed E-state index contributed by atoms with van der Waals surface area (Å²) in [5.74, 6) is -0.428. The van der Waals surface area contributed by atoms with E-state index < -0.39 is 21.4 Å². The van der Waals surface area contributed by atoms with Crippen molar-refractivity contribution in [3.8, 4) is 0 Å². The Morgan fingerprint density at radius 2 is 1.78 bits per heavy atom. The summed E-state index contributed by atoms with van der Waals surface area (Å²) in [4.78, 5) is 28.6. The molecule has 0 saturated heterocycles. The summed E-state index contributed by atoms with van der Waals surface area (Å²) in [6.45, 7) is 2.02. The fourth-order valence-electron chi connectivity index (χ4n) is 4.07. The largest absolute Gasteiger partial charge is 0.360 e. The molecular formula is C24H27N3O4S. The first-order chi connectivity index (χ1) is 15.4. The minimum absolute atomic E-state index is 0.0132. The molecule has 0 radical (unpaired) electrons. The van der Waals surface area contributed by atoms with Gasteiger partial charge in [0.1, 0.15) is 5.56 Å². The molecule has 168 valence electrons. The Morgan fingerprint density at radius 1 is 1.06 bits per heavy atom. The first kappa shape index (κ1) is 22.1. The number of rotatable bonds is 6. The number of pyridine rings is 1. The highest BCUT2D eigenvalue weighted by Crippen LogP contribution is 2.21. The van der Waals surface area contributed by atoms with E-state index in [-0.39, 0.29) is 21.9 Å². The maximum atomic E-state index is 13.0. The molecule has 4 rings (SSSR count). The lowest BCUT2D eigenvalue weighted by molar-refractivity contribution is 0.0926. The lowest BCUT2D eigenvalue weighted by Crippen LogP contribution is -2.38. The number of hydrogen-bond acceptors (Lipinski definition) is 4. The minimum atomic E-state index is -3.90. The molecule has 7 nitrogen and oxygen atoms in total. The number of sulfonamides is 1. The van der Waals surface area contributed by atoms with Gasteiger partial charge in [-0.15, -0.1) is 0 Å². The predicted molar refractivity (Wildman–Crippen MR) is 126 cm³/mol. The Labute approximate surface area is 187 Å². The zero-order valence-corrected chi connectivity index (χ0v) is 18.8. The molecule has 0 spiro atoms. The molecule has 8 heteroatoms. The third kappa shape index (κ3) is 4.70. The fraction of sp³-hybridized carbons (Fsp3) is 0.333. The second kappa shape index (κ2) is 9.16. The Balaban J connectivity index is 1.62. The van der Waals surface area contributed by atoms with Crippen LogP contribution in [0, 0.1) is 0 Å². The van der Waals surface area contributed by atoms with Crippen LogP contribution in [0.2, 0.25) is 0 Å². The SMILES string of the molecule is CCc1ccc(NS(=O)(=O)c2ccc3[nH]cc(C(=O)NC4CCCCC4)c(=O)c3c2)cc1. The highest BCUT2D eigenvalue weighted by Gasteiger charge is 2.21. The standard InChI is InChI=1S/C24H27N3O4S/c1-2-16-8-10-18(11-9-16)27-32(30,31)19-12-13-22-20(14-19)23(28)21(15-25-22)24(29)26-17-6-4-3-5-7-17/h8-15,17,27H,2-7H2,1H3,(H,25,28)(H,26,29). The number of benzene rings is 2. The van der Waals surface area contributed by atoms with Crippen molar-refractivity contribution in [2.45, 2.75) is 56.4 Å². The molecule has 1 heterocycles. The second-order valence-electron chi connectivity index (χ2n) is 8.20. The molecule has 1 aliphatic carbocycles. The van der Waals surface area contributed by atoms with E-state index in [4.69, 9.17) is 0 Å². The van der Waals surface area contributed by atoms with Gasteiger partial charge < -0.3 is 10.3 Å². The second-order valence-corrected chi connectivity index (χ2v) is 9.89. The quantitative estimate of drug-likeness (QED) is 0.525. The monoisotopic (exact) mass is 453 g/mol. The first-order valence-corrected chi connectivity index (χ1v) is 12.4. The van der Waals surface area contributed by atoms with E-state index in [1.807, 2.05) is 19.1 Å². The molecule has 32 heavy (non-hydrogen) atoms. The van der Waals surface area contributed by atoms with Gasteiger partial charge in [-0.1, -0.05) is 38.3 Å². The summed E-state index contributed by atoms with van der Waals surface area (Å²) in [7, 11) is -3.90. The van der Waals surface area contributed by atoms with Crippen molar-refractivity contribution in [2.75, 3.05) is 4.72 Å². The number of anilines is 1. The number of fused-ring (bicyclic) bond motifs is 1. The number of carbonyl (C=O) groups excluding carboxylic acids is 1. The summed E-state index contributed by atoms with van der Waals surface area (Å²) in [6, 6.07) is 11.5. The molecule has 1 aromatic heterocycles. The van der Waals surface area contributed by atoms with E-state index in [1.54, 1.807) is 12.1 Å². The van der Waals surface area contributed by atoms with Crippen molar-refractivity contribution in [2.24, 2.45) is 0 Å². The van der Waals surface area contributed by atoms with E-state index in [1.165, 1.54) is 24.4 Å². The molecule has 0 bridgehead atoms. The topological polar surface area (TPSA) is 108 Å². The first-order valence-electron chi connectivity index (χ1n) is 11.0. The number of nitrogens with one attached hydrogen (secondary N) is 3. The molecule has 1 amide bonds.